The second-order valence-electron chi connectivity index (χ2n) is 5.93. The summed E-state index contributed by atoms with van der Waals surface area (Å²) in [4.78, 5) is 13.8. The highest BCUT2D eigenvalue weighted by Gasteiger charge is 2.25. The van der Waals surface area contributed by atoms with Crippen molar-refractivity contribution >= 4 is 17.8 Å². The Hall–Kier alpha value is -2.97. The third kappa shape index (κ3) is 3.76. The van der Waals surface area contributed by atoms with Crippen LogP contribution < -0.4 is 10.3 Å². The summed E-state index contributed by atoms with van der Waals surface area (Å²) in [6, 6.07) is 7.58. The second-order valence-corrected chi connectivity index (χ2v) is 5.93. The number of hydrogen-bond acceptors (Lipinski definition) is 3. The Balaban J connectivity index is 1.69. The number of carbonyl (C=O) groups excluding carboxylic acids is 1. The van der Waals surface area contributed by atoms with Crippen LogP contribution in [-0.2, 0) is 11.2 Å². The molecule has 27 heavy (non-hydrogen) atoms. The number of fused-ring (bicyclic) bond motifs is 1. The van der Waals surface area contributed by atoms with Crippen molar-refractivity contribution < 1.29 is 26.7 Å². The van der Waals surface area contributed by atoms with Crippen LogP contribution in [0.1, 0.15) is 17.5 Å². The van der Waals surface area contributed by atoms with E-state index in [1.54, 1.807) is 0 Å². The number of para-hydroxylation sites is 1. The summed E-state index contributed by atoms with van der Waals surface area (Å²) in [7, 11) is 0. The number of aryl methyl sites for hydroxylation is 1. The van der Waals surface area contributed by atoms with Gasteiger partial charge in [-0.25, -0.2) is 27.4 Å². The van der Waals surface area contributed by atoms with Gasteiger partial charge in [-0.05, 0) is 24.5 Å². The Morgan fingerprint density at radius 1 is 1.04 bits per heavy atom. The standard InChI is InChI=1S/C18H14F5N3O/c19-14-11(15(20)17(22)18(23)16(14)21)8-24-25-13(27)9-26-7-3-5-10-4-1-2-6-12(10)26/h1-2,4,6,8H,3,5,7,9H2,(H,25,27)/b24-8-. The highest BCUT2D eigenvalue weighted by Crippen LogP contribution is 2.26. The van der Waals surface area contributed by atoms with E-state index in [9.17, 15) is 26.7 Å². The normalized spacial score (nSPS) is 13.7. The van der Waals surface area contributed by atoms with E-state index < -0.39 is 40.6 Å². The van der Waals surface area contributed by atoms with E-state index in [-0.39, 0.29) is 6.54 Å². The molecule has 1 heterocycles. The number of nitrogens with zero attached hydrogens (tertiary/aromatic N) is 2. The molecule has 1 N–H and O–H groups in total. The van der Waals surface area contributed by atoms with Crippen molar-refractivity contribution in [2.75, 3.05) is 18.0 Å². The van der Waals surface area contributed by atoms with Crippen LogP contribution >= 0.6 is 0 Å². The molecule has 4 nitrogen and oxygen atoms in total. The van der Waals surface area contributed by atoms with Gasteiger partial charge in [-0.2, -0.15) is 5.10 Å². The molecule has 3 rings (SSSR count). The topological polar surface area (TPSA) is 44.7 Å². The maximum absolute atomic E-state index is 13.5. The molecule has 0 atom stereocenters. The third-order valence-corrected chi connectivity index (χ3v) is 4.17. The summed E-state index contributed by atoms with van der Waals surface area (Å²) in [6.45, 7) is 0.581. The van der Waals surface area contributed by atoms with Gasteiger partial charge >= 0.3 is 0 Å². The van der Waals surface area contributed by atoms with E-state index in [0.29, 0.717) is 12.8 Å². The number of anilines is 1. The summed E-state index contributed by atoms with van der Waals surface area (Å²) in [5.74, 6) is -11.0. The van der Waals surface area contributed by atoms with Crippen molar-refractivity contribution in [2.45, 2.75) is 12.8 Å². The van der Waals surface area contributed by atoms with Gasteiger partial charge in [-0.1, -0.05) is 18.2 Å². The molecule has 1 amide bonds. The van der Waals surface area contributed by atoms with Gasteiger partial charge in [-0.15, -0.1) is 0 Å². The highest BCUT2D eigenvalue weighted by molar-refractivity contribution is 5.85. The molecule has 0 unspecified atom stereocenters. The van der Waals surface area contributed by atoms with Gasteiger partial charge in [0.15, 0.2) is 23.3 Å². The first-order chi connectivity index (χ1) is 12.9. The average Bonchev–Trinajstić information content (AvgIpc) is 2.68. The zero-order valence-electron chi connectivity index (χ0n) is 13.9. The number of carbonyl (C=O) groups is 1. The molecule has 0 bridgehead atoms. The summed E-state index contributed by atoms with van der Waals surface area (Å²) in [5.41, 5.74) is 2.81. The second kappa shape index (κ2) is 7.73. The van der Waals surface area contributed by atoms with Gasteiger partial charge in [0.25, 0.3) is 5.91 Å². The maximum atomic E-state index is 13.5. The number of rotatable bonds is 4. The molecule has 0 aromatic heterocycles. The zero-order chi connectivity index (χ0) is 19.6. The molecule has 2 aromatic carbocycles. The van der Waals surface area contributed by atoms with E-state index >= 15 is 0 Å². The van der Waals surface area contributed by atoms with Crippen LogP contribution in [0.3, 0.4) is 0 Å². The van der Waals surface area contributed by atoms with Crippen molar-refractivity contribution in [3.63, 3.8) is 0 Å². The molecule has 0 saturated heterocycles. The first-order valence-corrected chi connectivity index (χ1v) is 8.06. The monoisotopic (exact) mass is 383 g/mol. The maximum Gasteiger partial charge on any atom is 0.259 e. The minimum absolute atomic E-state index is 0.0640. The summed E-state index contributed by atoms with van der Waals surface area (Å²) in [5, 5.41) is 3.31. The van der Waals surface area contributed by atoms with Crippen molar-refractivity contribution in [2.24, 2.45) is 5.10 Å². The zero-order valence-corrected chi connectivity index (χ0v) is 13.9. The predicted octanol–water partition coefficient (Wildman–Crippen LogP) is 3.29. The van der Waals surface area contributed by atoms with E-state index in [4.69, 9.17) is 0 Å². The fourth-order valence-corrected chi connectivity index (χ4v) is 2.89. The van der Waals surface area contributed by atoms with Crippen LogP contribution in [-0.4, -0.2) is 25.2 Å². The number of nitrogens with one attached hydrogen (secondary N) is 1. The molecule has 1 aliphatic rings. The van der Waals surface area contributed by atoms with Gasteiger partial charge in [0, 0.05) is 12.2 Å². The van der Waals surface area contributed by atoms with Crippen LogP contribution in [0.25, 0.3) is 0 Å². The fraction of sp³-hybridized carbons (Fsp3) is 0.222. The lowest BCUT2D eigenvalue weighted by molar-refractivity contribution is -0.119. The minimum Gasteiger partial charge on any atom is -0.362 e. The Labute approximate surface area is 151 Å². The van der Waals surface area contributed by atoms with Crippen molar-refractivity contribution in [3.8, 4) is 0 Å². The Bertz CT molecular complexity index is 887. The van der Waals surface area contributed by atoms with Gasteiger partial charge in [-0.3, -0.25) is 4.79 Å². The molecule has 1 aliphatic heterocycles. The predicted molar refractivity (Wildman–Crippen MR) is 88.9 cm³/mol. The third-order valence-electron chi connectivity index (χ3n) is 4.17. The molecule has 9 heteroatoms. The average molecular weight is 383 g/mol. The Morgan fingerprint density at radius 2 is 1.67 bits per heavy atom. The SMILES string of the molecule is O=C(CN1CCCc2ccccc21)N/N=C\c1c(F)c(F)c(F)c(F)c1F. The van der Waals surface area contributed by atoms with Crippen LogP contribution in [0.5, 0.6) is 0 Å². The molecule has 0 radical (unpaired) electrons. The van der Waals surface area contributed by atoms with Crippen LogP contribution in [0.2, 0.25) is 0 Å². The number of halogens is 5. The molecule has 0 aliphatic carbocycles. The molecule has 142 valence electrons. The number of amides is 1. The van der Waals surface area contributed by atoms with Gasteiger partial charge < -0.3 is 4.90 Å². The Morgan fingerprint density at radius 3 is 2.37 bits per heavy atom. The molecular weight excluding hydrogens is 369 g/mol. The van der Waals surface area contributed by atoms with E-state index in [1.165, 1.54) is 0 Å². The molecular formula is C18H14F5N3O. The van der Waals surface area contributed by atoms with E-state index in [2.05, 4.69) is 5.10 Å². The highest BCUT2D eigenvalue weighted by atomic mass is 19.2. The summed E-state index contributed by atoms with van der Waals surface area (Å²) in [6.07, 6.45) is 2.14. The molecule has 0 saturated carbocycles. The van der Waals surface area contributed by atoms with Gasteiger partial charge in [0.1, 0.15) is 0 Å². The quantitative estimate of drug-likeness (QED) is 0.290. The van der Waals surface area contributed by atoms with Crippen LogP contribution in [0.15, 0.2) is 29.4 Å². The largest absolute Gasteiger partial charge is 0.362 e. The number of benzene rings is 2. The summed E-state index contributed by atoms with van der Waals surface area (Å²) >= 11 is 0. The lowest BCUT2D eigenvalue weighted by atomic mass is 10.0. The Kier molecular flexibility index (Phi) is 5.38. The first-order valence-electron chi connectivity index (χ1n) is 8.06. The van der Waals surface area contributed by atoms with E-state index in [0.717, 1.165) is 24.1 Å². The molecule has 2 aromatic rings. The number of hydrogen-bond donors (Lipinski definition) is 1. The molecule has 0 fully saturated rings. The number of hydrazone groups is 1. The first kappa shape index (κ1) is 18.8. The van der Waals surface area contributed by atoms with Crippen molar-refractivity contribution in [3.05, 3.63) is 64.5 Å². The summed E-state index contributed by atoms with van der Waals surface area (Å²) < 4.78 is 66.3. The van der Waals surface area contributed by atoms with Crippen molar-refractivity contribution in [1.82, 2.24) is 5.43 Å². The molecule has 0 spiro atoms. The lowest BCUT2D eigenvalue weighted by Gasteiger charge is -2.30. The lowest BCUT2D eigenvalue weighted by Crippen LogP contribution is -2.38. The van der Waals surface area contributed by atoms with Gasteiger partial charge in [0.05, 0.1) is 18.3 Å². The minimum atomic E-state index is -2.25. The van der Waals surface area contributed by atoms with Crippen LogP contribution in [0, 0.1) is 29.1 Å². The van der Waals surface area contributed by atoms with Crippen LogP contribution in [0.4, 0.5) is 27.6 Å². The smallest absolute Gasteiger partial charge is 0.259 e. The van der Waals surface area contributed by atoms with E-state index in [1.807, 2.05) is 34.6 Å². The fourth-order valence-electron chi connectivity index (χ4n) is 2.89. The van der Waals surface area contributed by atoms with Gasteiger partial charge in [0.2, 0.25) is 5.82 Å². The van der Waals surface area contributed by atoms with Crippen molar-refractivity contribution in [1.29, 1.82) is 0 Å².